The highest BCUT2D eigenvalue weighted by molar-refractivity contribution is 5.86. The van der Waals surface area contributed by atoms with Crippen LogP contribution in [0.4, 0.5) is 5.95 Å². The van der Waals surface area contributed by atoms with E-state index in [9.17, 15) is 0 Å². The molecule has 114 valence electrons. The summed E-state index contributed by atoms with van der Waals surface area (Å²) in [6.07, 6.45) is 1.86. The molecule has 4 nitrogen and oxygen atoms in total. The second kappa shape index (κ2) is 4.77. The van der Waals surface area contributed by atoms with E-state index in [1.165, 1.54) is 10.8 Å². The Kier molecular flexibility index (Phi) is 2.70. The maximum absolute atomic E-state index is 6.02. The van der Waals surface area contributed by atoms with Crippen molar-refractivity contribution in [1.29, 1.82) is 0 Å². The summed E-state index contributed by atoms with van der Waals surface area (Å²) in [6.45, 7) is 1.99. The van der Waals surface area contributed by atoms with Gasteiger partial charge < -0.3 is 10.6 Å². The fraction of sp³-hybridized carbons (Fsp3) is 0.263. The standard InChI is InChI=1S/C19H18N4/c20-18-15-10-23(11-16(15)18)19-21-8-7-17(22-19)14-6-5-12-3-1-2-4-13(12)9-14/h1-9,15-16,18H,10-11,20H2. The number of rotatable bonds is 2. The van der Waals surface area contributed by atoms with Crippen LogP contribution in [-0.4, -0.2) is 29.1 Å². The van der Waals surface area contributed by atoms with Gasteiger partial charge in [-0.05, 0) is 34.7 Å². The van der Waals surface area contributed by atoms with Crippen molar-refractivity contribution in [3.8, 4) is 11.3 Å². The molecule has 3 aromatic rings. The predicted octanol–water partition coefficient (Wildman–Crippen LogP) is 2.69. The first-order valence-electron chi connectivity index (χ1n) is 8.12. The number of fused-ring (bicyclic) bond motifs is 2. The molecular weight excluding hydrogens is 284 g/mol. The molecule has 2 heterocycles. The summed E-state index contributed by atoms with van der Waals surface area (Å²) in [7, 11) is 0. The van der Waals surface area contributed by atoms with Crippen LogP contribution in [0.3, 0.4) is 0 Å². The summed E-state index contributed by atoms with van der Waals surface area (Å²) in [5.41, 5.74) is 8.13. The van der Waals surface area contributed by atoms with Gasteiger partial charge in [-0.1, -0.05) is 36.4 Å². The van der Waals surface area contributed by atoms with Gasteiger partial charge in [0.15, 0.2) is 0 Å². The van der Waals surface area contributed by atoms with Crippen molar-refractivity contribution >= 4 is 16.7 Å². The number of nitrogens with two attached hydrogens (primary N) is 1. The minimum absolute atomic E-state index is 0.398. The molecule has 1 aliphatic carbocycles. The van der Waals surface area contributed by atoms with Crippen LogP contribution in [0.25, 0.3) is 22.0 Å². The molecule has 0 bridgehead atoms. The van der Waals surface area contributed by atoms with Crippen LogP contribution in [0.2, 0.25) is 0 Å². The summed E-state index contributed by atoms with van der Waals surface area (Å²) in [5, 5.41) is 2.48. The summed E-state index contributed by atoms with van der Waals surface area (Å²) in [5.74, 6) is 2.11. The normalized spacial score (nSPS) is 25.6. The van der Waals surface area contributed by atoms with Gasteiger partial charge in [-0.3, -0.25) is 0 Å². The molecule has 5 rings (SSSR count). The monoisotopic (exact) mass is 302 g/mol. The second-order valence-corrected chi connectivity index (χ2v) is 6.61. The zero-order chi connectivity index (χ0) is 15.4. The Labute approximate surface area is 135 Å². The number of hydrogen-bond donors (Lipinski definition) is 1. The largest absolute Gasteiger partial charge is 0.340 e. The summed E-state index contributed by atoms with van der Waals surface area (Å²) < 4.78 is 0. The molecule has 2 atom stereocenters. The number of hydrogen-bond acceptors (Lipinski definition) is 4. The fourth-order valence-electron chi connectivity index (χ4n) is 3.75. The van der Waals surface area contributed by atoms with Gasteiger partial charge >= 0.3 is 0 Å². The van der Waals surface area contributed by atoms with Crippen molar-refractivity contribution in [2.24, 2.45) is 17.6 Å². The molecule has 2 aromatic carbocycles. The van der Waals surface area contributed by atoms with Gasteiger partial charge in [-0.2, -0.15) is 0 Å². The third-order valence-electron chi connectivity index (χ3n) is 5.23. The van der Waals surface area contributed by atoms with E-state index in [1.807, 2.05) is 12.3 Å². The summed E-state index contributed by atoms with van der Waals surface area (Å²) >= 11 is 0. The van der Waals surface area contributed by atoms with E-state index in [-0.39, 0.29) is 0 Å². The highest BCUT2D eigenvalue weighted by Gasteiger charge is 2.54. The molecule has 2 N–H and O–H groups in total. The van der Waals surface area contributed by atoms with E-state index in [4.69, 9.17) is 10.7 Å². The maximum atomic E-state index is 6.02. The van der Waals surface area contributed by atoms with Crippen molar-refractivity contribution in [2.75, 3.05) is 18.0 Å². The summed E-state index contributed by atoms with van der Waals surface area (Å²) in [4.78, 5) is 11.5. The fourth-order valence-corrected chi connectivity index (χ4v) is 3.75. The van der Waals surface area contributed by atoms with Crippen molar-refractivity contribution in [2.45, 2.75) is 6.04 Å². The minimum atomic E-state index is 0.398. The SMILES string of the molecule is NC1C2CN(c3nccc(-c4ccc5ccccc5c4)n3)CC12. The van der Waals surface area contributed by atoms with Gasteiger partial charge in [0.2, 0.25) is 5.95 Å². The number of piperidine rings is 1. The third kappa shape index (κ3) is 2.10. The average Bonchev–Trinajstić information content (AvgIpc) is 3.01. The second-order valence-electron chi connectivity index (χ2n) is 6.61. The number of nitrogens with zero attached hydrogens (tertiary/aromatic N) is 3. The Morgan fingerprint density at radius 3 is 2.57 bits per heavy atom. The molecule has 1 saturated heterocycles. The van der Waals surface area contributed by atoms with Crippen LogP contribution in [0.1, 0.15) is 0 Å². The topological polar surface area (TPSA) is 55.0 Å². The van der Waals surface area contributed by atoms with E-state index < -0.39 is 0 Å². The molecule has 0 amide bonds. The van der Waals surface area contributed by atoms with Crippen LogP contribution in [-0.2, 0) is 0 Å². The van der Waals surface area contributed by atoms with E-state index >= 15 is 0 Å². The van der Waals surface area contributed by atoms with Crippen molar-refractivity contribution in [3.63, 3.8) is 0 Å². The molecular formula is C19H18N4. The lowest BCUT2D eigenvalue weighted by Gasteiger charge is -2.19. The highest BCUT2D eigenvalue weighted by Crippen LogP contribution is 2.44. The minimum Gasteiger partial charge on any atom is -0.340 e. The maximum Gasteiger partial charge on any atom is 0.225 e. The first-order chi connectivity index (χ1) is 11.3. The Bertz CT molecular complexity index is 879. The quantitative estimate of drug-likeness (QED) is 0.791. The molecule has 2 aliphatic rings. The Balaban J connectivity index is 1.49. The third-order valence-corrected chi connectivity index (χ3v) is 5.23. The number of anilines is 1. The zero-order valence-corrected chi connectivity index (χ0v) is 12.8. The molecule has 0 radical (unpaired) electrons. The average molecular weight is 302 g/mol. The van der Waals surface area contributed by atoms with Crippen LogP contribution in [0.15, 0.2) is 54.7 Å². The van der Waals surface area contributed by atoms with Crippen molar-refractivity contribution < 1.29 is 0 Å². The molecule has 1 saturated carbocycles. The Morgan fingerprint density at radius 2 is 1.74 bits per heavy atom. The molecule has 2 fully saturated rings. The Hall–Kier alpha value is -2.46. The van der Waals surface area contributed by atoms with E-state index in [2.05, 4.69) is 52.3 Å². The first kappa shape index (κ1) is 13.0. The zero-order valence-electron chi connectivity index (χ0n) is 12.8. The van der Waals surface area contributed by atoms with E-state index in [0.717, 1.165) is 30.3 Å². The summed E-state index contributed by atoms with van der Waals surface area (Å²) in [6, 6.07) is 17.2. The van der Waals surface area contributed by atoms with Crippen molar-refractivity contribution in [1.82, 2.24) is 9.97 Å². The van der Waals surface area contributed by atoms with Gasteiger partial charge in [-0.25, -0.2) is 9.97 Å². The lowest BCUT2D eigenvalue weighted by Crippen LogP contribution is -2.29. The lowest BCUT2D eigenvalue weighted by molar-refractivity contribution is 0.725. The molecule has 1 aromatic heterocycles. The molecule has 23 heavy (non-hydrogen) atoms. The van der Waals surface area contributed by atoms with Crippen LogP contribution >= 0.6 is 0 Å². The number of benzene rings is 2. The predicted molar refractivity (Wildman–Crippen MR) is 92.1 cm³/mol. The molecule has 0 spiro atoms. The molecule has 2 unspecified atom stereocenters. The van der Waals surface area contributed by atoms with Crippen LogP contribution < -0.4 is 10.6 Å². The lowest BCUT2D eigenvalue weighted by atomic mass is 10.1. The first-order valence-corrected chi connectivity index (χ1v) is 8.12. The highest BCUT2D eigenvalue weighted by atomic mass is 15.3. The van der Waals surface area contributed by atoms with Gasteiger partial charge in [0.05, 0.1) is 5.69 Å². The number of aromatic nitrogens is 2. The van der Waals surface area contributed by atoms with E-state index in [1.54, 1.807) is 0 Å². The smallest absolute Gasteiger partial charge is 0.225 e. The van der Waals surface area contributed by atoms with Gasteiger partial charge in [0.1, 0.15) is 0 Å². The molecule has 4 heteroatoms. The molecule has 1 aliphatic heterocycles. The van der Waals surface area contributed by atoms with E-state index in [0.29, 0.717) is 17.9 Å². The van der Waals surface area contributed by atoms with Gasteiger partial charge in [0.25, 0.3) is 0 Å². The van der Waals surface area contributed by atoms with Gasteiger partial charge in [-0.15, -0.1) is 0 Å². The van der Waals surface area contributed by atoms with Crippen molar-refractivity contribution in [3.05, 3.63) is 54.7 Å². The van der Waals surface area contributed by atoms with Gasteiger partial charge in [0, 0.05) is 30.9 Å². The van der Waals surface area contributed by atoms with Crippen LogP contribution in [0, 0.1) is 11.8 Å². The Morgan fingerprint density at radius 1 is 0.957 bits per heavy atom. The van der Waals surface area contributed by atoms with Crippen LogP contribution in [0.5, 0.6) is 0 Å².